The van der Waals surface area contributed by atoms with Crippen LogP contribution < -0.4 is 5.32 Å². The minimum absolute atomic E-state index is 0.611. The summed E-state index contributed by atoms with van der Waals surface area (Å²) in [5, 5.41) is 13.4. The Morgan fingerprint density at radius 3 is 2.90 bits per heavy atom. The number of hydrogen-bond donors (Lipinski definition) is 2. The topological polar surface area (TPSA) is 64.5 Å². The zero-order valence-corrected chi connectivity index (χ0v) is 12.1. The minimum Gasteiger partial charge on any atom is -0.366 e. The van der Waals surface area contributed by atoms with Gasteiger partial charge in [-0.1, -0.05) is 6.07 Å². The number of nitrogens with one attached hydrogen (secondary N) is 2. The van der Waals surface area contributed by atoms with Gasteiger partial charge >= 0.3 is 0 Å². The molecule has 0 bridgehead atoms. The molecule has 0 aliphatic carbocycles. The lowest BCUT2D eigenvalue weighted by Gasteiger charge is -2.06. The number of aromatic amines is 1. The van der Waals surface area contributed by atoms with Crippen molar-refractivity contribution in [1.29, 1.82) is 5.26 Å². The second-order valence-corrected chi connectivity index (χ2v) is 5.15. The lowest BCUT2D eigenvalue weighted by atomic mass is 10.1. The van der Waals surface area contributed by atoms with Gasteiger partial charge < -0.3 is 10.3 Å². The van der Waals surface area contributed by atoms with Crippen molar-refractivity contribution in [3.8, 4) is 6.07 Å². The van der Waals surface area contributed by atoms with Gasteiger partial charge in [-0.3, -0.25) is 0 Å². The molecule has 0 aliphatic rings. The van der Waals surface area contributed by atoms with Crippen molar-refractivity contribution >= 4 is 16.7 Å². The fraction of sp³-hybridized carbons (Fsp3) is 0.176. The molecule has 104 valence electrons. The van der Waals surface area contributed by atoms with E-state index in [2.05, 4.69) is 53.4 Å². The smallest absolute Gasteiger partial charge is 0.127 e. The van der Waals surface area contributed by atoms with Crippen molar-refractivity contribution in [2.45, 2.75) is 20.4 Å². The molecule has 0 fully saturated rings. The van der Waals surface area contributed by atoms with Crippen molar-refractivity contribution in [3.05, 3.63) is 58.9 Å². The number of nitriles is 1. The standard InChI is InChI=1S/C17H16N4/c1-11-12(2)21-16-4-3-14(7-15(11)16)10-20-17-8-13(9-18)5-6-19-17/h3-8,21H,10H2,1-2H3,(H,19,20). The highest BCUT2D eigenvalue weighted by molar-refractivity contribution is 5.85. The highest BCUT2D eigenvalue weighted by Crippen LogP contribution is 2.22. The Kier molecular flexibility index (Phi) is 3.33. The van der Waals surface area contributed by atoms with Crippen molar-refractivity contribution in [3.63, 3.8) is 0 Å². The molecule has 0 amide bonds. The number of benzene rings is 1. The van der Waals surface area contributed by atoms with Gasteiger partial charge in [-0.25, -0.2) is 4.98 Å². The van der Waals surface area contributed by atoms with E-state index in [4.69, 9.17) is 5.26 Å². The average Bonchev–Trinajstić information content (AvgIpc) is 2.80. The van der Waals surface area contributed by atoms with Crippen LogP contribution in [0.4, 0.5) is 5.82 Å². The molecule has 0 saturated heterocycles. The molecular weight excluding hydrogens is 260 g/mol. The highest BCUT2D eigenvalue weighted by atomic mass is 15.0. The monoisotopic (exact) mass is 276 g/mol. The second-order valence-electron chi connectivity index (χ2n) is 5.15. The number of pyridine rings is 1. The van der Waals surface area contributed by atoms with Crippen LogP contribution in [0, 0.1) is 25.2 Å². The summed E-state index contributed by atoms with van der Waals surface area (Å²) in [6.07, 6.45) is 1.64. The first kappa shape index (κ1) is 13.2. The summed E-state index contributed by atoms with van der Waals surface area (Å²) in [7, 11) is 0. The van der Waals surface area contributed by atoms with E-state index < -0.39 is 0 Å². The molecule has 0 saturated carbocycles. The molecule has 3 aromatic rings. The lowest BCUT2D eigenvalue weighted by Crippen LogP contribution is -2.01. The Hall–Kier alpha value is -2.80. The number of H-pyrrole nitrogens is 1. The first-order chi connectivity index (χ1) is 10.2. The molecule has 4 heteroatoms. The van der Waals surface area contributed by atoms with Gasteiger partial charge in [0, 0.05) is 29.3 Å². The molecule has 0 spiro atoms. The second kappa shape index (κ2) is 5.29. The van der Waals surface area contributed by atoms with Crippen LogP contribution in [0.15, 0.2) is 36.5 Å². The molecule has 0 radical (unpaired) electrons. The van der Waals surface area contributed by atoms with Crippen molar-refractivity contribution in [1.82, 2.24) is 9.97 Å². The molecule has 2 N–H and O–H groups in total. The van der Waals surface area contributed by atoms with E-state index in [0.29, 0.717) is 12.1 Å². The van der Waals surface area contributed by atoms with Crippen molar-refractivity contribution < 1.29 is 0 Å². The van der Waals surface area contributed by atoms with Crippen LogP contribution in [0.25, 0.3) is 10.9 Å². The third-order valence-corrected chi connectivity index (χ3v) is 3.74. The highest BCUT2D eigenvalue weighted by Gasteiger charge is 2.05. The molecule has 4 nitrogen and oxygen atoms in total. The van der Waals surface area contributed by atoms with E-state index in [1.807, 2.05) is 0 Å². The summed E-state index contributed by atoms with van der Waals surface area (Å²) in [5.41, 5.74) is 5.46. The summed E-state index contributed by atoms with van der Waals surface area (Å²) in [6, 6.07) is 12.0. The summed E-state index contributed by atoms with van der Waals surface area (Å²) < 4.78 is 0. The van der Waals surface area contributed by atoms with E-state index in [9.17, 15) is 0 Å². The Labute approximate surface area is 123 Å². The van der Waals surface area contributed by atoms with Crippen LogP contribution >= 0.6 is 0 Å². The summed E-state index contributed by atoms with van der Waals surface area (Å²) in [5.74, 6) is 0.719. The Morgan fingerprint density at radius 2 is 2.10 bits per heavy atom. The molecule has 1 aromatic carbocycles. The zero-order chi connectivity index (χ0) is 14.8. The first-order valence-corrected chi connectivity index (χ1v) is 6.85. The number of rotatable bonds is 3. The summed E-state index contributed by atoms with van der Waals surface area (Å²) in [4.78, 5) is 7.59. The van der Waals surface area contributed by atoms with Gasteiger partial charge in [0.25, 0.3) is 0 Å². The summed E-state index contributed by atoms with van der Waals surface area (Å²) in [6.45, 7) is 4.90. The Bertz CT molecular complexity index is 840. The SMILES string of the molecule is Cc1[nH]c2ccc(CNc3cc(C#N)ccn3)cc2c1C. The maximum Gasteiger partial charge on any atom is 0.127 e. The number of anilines is 1. The van der Waals surface area contributed by atoms with Crippen LogP contribution in [0.2, 0.25) is 0 Å². The van der Waals surface area contributed by atoms with Crippen LogP contribution in [0.3, 0.4) is 0 Å². The van der Waals surface area contributed by atoms with E-state index in [0.717, 1.165) is 5.82 Å². The first-order valence-electron chi connectivity index (χ1n) is 6.85. The van der Waals surface area contributed by atoms with Crippen LogP contribution in [-0.2, 0) is 6.54 Å². The third-order valence-electron chi connectivity index (χ3n) is 3.74. The largest absolute Gasteiger partial charge is 0.366 e. The number of aryl methyl sites for hydroxylation is 2. The number of fused-ring (bicyclic) bond motifs is 1. The van der Waals surface area contributed by atoms with Crippen LogP contribution in [0.5, 0.6) is 0 Å². The molecular formula is C17H16N4. The van der Waals surface area contributed by atoms with Gasteiger partial charge in [-0.15, -0.1) is 0 Å². The number of nitrogens with zero attached hydrogens (tertiary/aromatic N) is 2. The maximum absolute atomic E-state index is 8.89. The molecule has 2 heterocycles. The zero-order valence-electron chi connectivity index (χ0n) is 12.1. The van der Waals surface area contributed by atoms with E-state index >= 15 is 0 Å². The molecule has 0 unspecified atom stereocenters. The lowest BCUT2D eigenvalue weighted by molar-refractivity contribution is 1.11. The van der Waals surface area contributed by atoms with Gasteiger partial charge in [0.05, 0.1) is 11.6 Å². The third kappa shape index (κ3) is 2.59. The summed E-state index contributed by atoms with van der Waals surface area (Å²) >= 11 is 0. The van der Waals surface area contributed by atoms with Gasteiger partial charge in [-0.2, -0.15) is 5.26 Å². The van der Waals surface area contributed by atoms with Gasteiger partial charge in [-0.05, 0) is 49.2 Å². The van der Waals surface area contributed by atoms with E-state index in [-0.39, 0.29) is 0 Å². The molecule has 2 aromatic heterocycles. The molecule has 21 heavy (non-hydrogen) atoms. The molecule has 3 rings (SSSR count). The fourth-order valence-electron chi connectivity index (χ4n) is 2.41. The minimum atomic E-state index is 0.611. The van der Waals surface area contributed by atoms with Gasteiger partial charge in [0.1, 0.15) is 5.82 Å². The van der Waals surface area contributed by atoms with E-state index in [1.54, 1.807) is 18.3 Å². The van der Waals surface area contributed by atoms with Crippen LogP contribution in [0.1, 0.15) is 22.4 Å². The predicted molar refractivity (Wildman–Crippen MR) is 84.1 cm³/mol. The van der Waals surface area contributed by atoms with Crippen molar-refractivity contribution in [2.75, 3.05) is 5.32 Å². The Morgan fingerprint density at radius 1 is 1.24 bits per heavy atom. The molecule has 0 atom stereocenters. The van der Waals surface area contributed by atoms with Gasteiger partial charge in [0.2, 0.25) is 0 Å². The quantitative estimate of drug-likeness (QED) is 0.767. The van der Waals surface area contributed by atoms with Gasteiger partial charge in [0.15, 0.2) is 0 Å². The van der Waals surface area contributed by atoms with E-state index in [1.165, 1.54) is 27.7 Å². The normalized spacial score (nSPS) is 10.5. The molecule has 0 aliphatic heterocycles. The fourth-order valence-corrected chi connectivity index (χ4v) is 2.41. The Balaban J connectivity index is 1.81. The average molecular weight is 276 g/mol. The van der Waals surface area contributed by atoms with Crippen molar-refractivity contribution in [2.24, 2.45) is 0 Å². The predicted octanol–water partition coefficient (Wildman–Crippen LogP) is 3.66. The number of hydrogen-bond acceptors (Lipinski definition) is 3. The maximum atomic E-state index is 8.89. The van der Waals surface area contributed by atoms with Crippen LogP contribution in [-0.4, -0.2) is 9.97 Å². The number of aromatic nitrogens is 2.